The molecule has 1 aromatic heterocycles. The van der Waals surface area contributed by atoms with E-state index in [1.165, 1.54) is 32.1 Å². The van der Waals surface area contributed by atoms with E-state index in [4.69, 9.17) is 13.9 Å². The lowest BCUT2D eigenvalue weighted by molar-refractivity contribution is -0.274. The van der Waals surface area contributed by atoms with Gasteiger partial charge in [-0.25, -0.2) is 0 Å². The van der Waals surface area contributed by atoms with E-state index < -0.39 is 35.9 Å². The number of halogens is 3. The highest BCUT2D eigenvalue weighted by molar-refractivity contribution is 5.78. The second kappa shape index (κ2) is 8.22. The van der Waals surface area contributed by atoms with E-state index in [9.17, 15) is 23.1 Å². The summed E-state index contributed by atoms with van der Waals surface area (Å²) in [5.41, 5.74) is -2.77. The summed E-state index contributed by atoms with van der Waals surface area (Å²) in [7, 11) is 2.98. The van der Waals surface area contributed by atoms with Gasteiger partial charge in [0.05, 0.1) is 26.7 Å². The summed E-state index contributed by atoms with van der Waals surface area (Å²) in [5.74, 6) is -0.261. The van der Waals surface area contributed by atoms with Crippen molar-refractivity contribution in [2.24, 2.45) is 0 Å². The van der Waals surface area contributed by atoms with Gasteiger partial charge >= 0.3 is 6.18 Å². The Morgan fingerprint density at radius 3 is 2.53 bits per heavy atom. The summed E-state index contributed by atoms with van der Waals surface area (Å²) in [6, 6.07) is 6.97. The minimum Gasteiger partial charge on any atom is -0.497 e. The molecule has 1 fully saturated rings. The number of hydrogen-bond donors (Lipinski definition) is 1. The molecule has 9 heteroatoms. The average molecular weight is 427 g/mol. The Labute approximate surface area is 172 Å². The van der Waals surface area contributed by atoms with Gasteiger partial charge in [0.1, 0.15) is 23.0 Å². The predicted molar refractivity (Wildman–Crippen MR) is 101 cm³/mol. The molecule has 0 aliphatic carbocycles. The first-order chi connectivity index (χ1) is 14.1. The standard InChI is InChI=1S/C21H24F3NO5/c1-13-6-9-18(30-13)20(27,21(22,23)24)12-19(26)25-10-4-5-16(25)15-11-14(28-2)7-8-17(15)29-3/h6-9,11,16,27H,4-5,10,12H2,1-3H3/t16-,20+/m1/s1. The van der Waals surface area contributed by atoms with Gasteiger partial charge in [-0.1, -0.05) is 0 Å². The molecule has 1 aromatic carbocycles. The lowest BCUT2D eigenvalue weighted by Crippen LogP contribution is -2.46. The average Bonchev–Trinajstić information content (AvgIpc) is 3.35. The highest BCUT2D eigenvalue weighted by atomic mass is 19.4. The number of ether oxygens (including phenoxy) is 2. The number of carbonyl (C=O) groups excluding carboxylic acids is 1. The number of amides is 1. The van der Waals surface area contributed by atoms with Gasteiger partial charge in [0, 0.05) is 12.1 Å². The van der Waals surface area contributed by atoms with Crippen LogP contribution < -0.4 is 9.47 Å². The van der Waals surface area contributed by atoms with Crippen LogP contribution in [0.1, 0.15) is 42.4 Å². The normalized spacial score (nSPS) is 18.9. The van der Waals surface area contributed by atoms with Gasteiger partial charge in [-0.15, -0.1) is 0 Å². The van der Waals surface area contributed by atoms with Gasteiger partial charge in [0.25, 0.3) is 0 Å². The molecule has 6 nitrogen and oxygen atoms in total. The van der Waals surface area contributed by atoms with Crippen molar-refractivity contribution in [3.63, 3.8) is 0 Å². The summed E-state index contributed by atoms with van der Waals surface area (Å²) in [6.45, 7) is 1.74. The fourth-order valence-corrected chi connectivity index (χ4v) is 3.79. The van der Waals surface area contributed by atoms with Crippen molar-refractivity contribution in [1.29, 1.82) is 0 Å². The van der Waals surface area contributed by atoms with Crippen molar-refractivity contribution in [3.05, 3.63) is 47.4 Å². The fraction of sp³-hybridized carbons (Fsp3) is 0.476. The molecule has 0 saturated carbocycles. The number of nitrogens with zero attached hydrogens (tertiary/aromatic N) is 1. The Hall–Kier alpha value is -2.68. The fourth-order valence-electron chi connectivity index (χ4n) is 3.79. The van der Waals surface area contributed by atoms with Crippen molar-refractivity contribution in [3.8, 4) is 11.5 Å². The topological polar surface area (TPSA) is 72.1 Å². The molecule has 164 valence electrons. The van der Waals surface area contributed by atoms with Crippen molar-refractivity contribution in [2.75, 3.05) is 20.8 Å². The molecule has 1 amide bonds. The van der Waals surface area contributed by atoms with Crippen molar-refractivity contribution in [1.82, 2.24) is 4.90 Å². The second-order valence-corrected chi connectivity index (χ2v) is 7.30. The third-order valence-corrected chi connectivity index (χ3v) is 5.39. The molecule has 0 radical (unpaired) electrons. The Bertz CT molecular complexity index is 910. The number of hydrogen-bond acceptors (Lipinski definition) is 5. The molecule has 2 heterocycles. The van der Waals surface area contributed by atoms with Gasteiger partial charge in [0.15, 0.2) is 0 Å². The molecule has 3 rings (SSSR count). The van der Waals surface area contributed by atoms with Gasteiger partial charge in [-0.05, 0) is 50.1 Å². The molecule has 2 atom stereocenters. The maximum Gasteiger partial charge on any atom is 0.425 e. The van der Waals surface area contributed by atoms with Crippen molar-refractivity contribution >= 4 is 5.91 Å². The number of furan rings is 1. The molecule has 0 unspecified atom stereocenters. The minimum absolute atomic E-state index is 0.209. The van der Waals surface area contributed by atoms with E-state index in [-0.39, 0.29) is 12.3 Å². The molecule has 0 bridgehead atoms. The van der Waals surface area contributed by atoms with Gasteiger partial charge in [-0.3, -0.25) is 4.79 Å². The van der Waals surface area contributed by atoms with E-state index in [0.29, 0.717) is 29.9 Å². The third kappa shape index (κ3) is 3.98. The number of rotatable bonds is 6. The van der Waals surface area contributed by atoms with E-state index in [0.717, 1.165) is 6.07 Å². The molecule has 2 aromatic rings. The SMILES string of the molecule is COc1ccc(OC)c([C@H]2CCCN2C(=O)C[C@](O)(c2ccc(C)o2)C(F)(F)F)c1. The van der Waals surface area contributed by atoms with Crippen LogP contribution in [0.5, 0.6) is 11.5 Å². The number of aliphatic hydroxyl groups is 1. The summed E-state index contributed by atoms with van der Waals surface area (Å²) >= 11 is 0. The van der Waals surface area contributed by atoms with Gasteiger partial charge < -0.3 is 23.9 Å². The van der Waals surface area contributed by atoms with Crippen LogP contribution in [0.4, 0.5) is 13.2 Å². The zero-order chi connectivity index (χ0) is 22.1. The number of alkyl halides is 3. The summed E-state index contributed by atoms with van der Waals surface area (Å²) in [5, 5.41) is 10.5. The van der Waals surface area contributed by atoms with Crippen LogP contribution in [0.3, 0.4) is 0 Å². The quantitative estimate of drug-likeness (QED) is 0.751. The maximum absolute atomic E-state index is 13.8. The first kappa shape index (κ1) is 22.0. The summed E-state index contributed by atoms with van der Waals surface area (Å²) in [4.78, 5) is 14.3. The van der Waals surface area contributed by atoms with E-state index >= 15 is 0 Å². The van der Waals surface area contributed by atoms with E-state index in [1.54, 1.807) is 18.2 Å². The van der Waals surface area contributed by atoms with Crippen LogP contribution >= 0.6 is 0 Å². The lowest BCUT2D eigenvalue weighted by Gasteiger charge is -2.32. The number of likely N-dealkylation sites (tertiary alicyclic amines) is 1. The number of carbonyl (C=O) groups is 1. The largest absolute Gasteiger partial charge is 0.497 e. The Kier molecular flexibility index (Phi) is 6.03. The van der Waals surface area contributed by atoms with E-state index in [1.807, 2.05) is 0 Å². The highest BCUT2D eigenvalue weighted by Gasteiger charge is 2.59. The predicted octanol–water partition coefficient (Wildman–Crippen LogP) is 4.11. The highest BCUT2D eigenvalue weighted by Crippen LogP contribution is 2.45. The van der Waals surface area contributed by atoms with Crippen LogP contribution in [-0.2, 0) is 10.4 Å². The first-order valence-electron chi connectivity index (χ1n) is 9.48. The van der Waals surface area contributed by atoms with Crippen LogP contribution in [-0.4, -0.2) is 42.9 Å². The molecule has 1 saturated heterocycles. The van der Waals surface area contributed by atoms with Crippen LogP contribution in [0.2, 0.25) is 0 Å². The molecule has 1 aliphatic heterocycles. The summed E-state index contributed by atoms with van der Waals surface area (Å²) in [6.07, 6.45) is -5.09. The number of methoxy groups -OCH3 is 2. The molecule has 0 spiro atoms. The molecular formula is C21H24F3NO5. The number of benzene rings is 1. The zero-order valence-electron chi connectivity index (χ0n) is 17.0. The second-order valence-electron chi connectivity index (χ2n) is 7.30. The smallest absolute Gasteiger partial charge is 0.425 e. The van der Waals surface area contributed by atoms with Crippen molar-refractivity contribution in [2.45, 2.75) is 44.0 Å². The van der Waals surface area contributed by atoms with Crippen molar-refractivity contribution < 1.29 is 37.0 Å². The Balaban J connectivity index is 1.92. The first-order valence-corrected chi connectivity index (χ1v) is 9.48. The van der Waals surface area contributed by atoms with Crippen LogP contribution in [0, 0.1) is 6.92 Å². The van der Waals surface area contributed by atoms with Gasteiger partial charge in [0.2, 0.25) is 11.5 Å². The van der Waals surface area contributed by atoms with Gasteiger partial charge in [-0.2, -0.15) is 13.2 Å². The monoisotopic (exact) mass is 427 g/mol. The molecule has 30 heavy (non-hydrogen) atoms. The maximum atomic E-state index is 13.8. The minimum atomic E-state index is -5.09. The number of aryl methyl sites for hydroxylation is 1. The van der Waals surface area contributed by atoms with Crippen LogP contribution in [0.15, 0.2) is 34.7 Å². The molecule has 1 aliphatic rings. The van der Waals surface area contributed by atoms with E-state index in [2.05, 4.69) is 0 Å². The zero-order valence-corrected chi connectivity index (χ0v) is 17.0. The third-order valence-electron chi connectivity index (χ3n) is 5.39. The lowest BCUT2D eigenvalue weighted by atomic mass is 9.94. The Morgan fingerprint density at radius 2 is 1.97 bits per heavy atom. The Morgan fingerprint density at radius 1 is 1.23 bits per heavy atom. The summed E-state index contributed by atoms with van der Waals surface area (Å²) < 4.78 is 56.9. The molecule has 1 N–H and O–H groups in total. The van der Waals surface area contributed by atoms with Crippen LogP contribution in [0.25, 0.3) is 0 Å². The molecular weight excluding hydrogens is 403 g/mol.